The quantitative estimate of drug-likeness (QED) is 0.377. The molecule has 2 aliphatic heterocycles. The molecule has 0 saturated carbocycles. The molecule has 33 heavy (non-hydrogen) atoms. The largest absolute Gasteiger partial charge is 0.301 e. The van der Waals surface area contributed by atoms with Gasteiger partial charge in [-0.1, -0.05) is 54.6 Å². The van der Waals surface area contributed by atoms with Gasteiger partial charge in [0, 0.05) is 16.3 Å². The highest BCUT2D eigenvalue weighted by molar-refractivity contribution is 7.07. The van der Waals surface area contributed by atoms with Crippen LogP contribution >= 0.6 is 11.3 Å². The summed E-state index contributed by atoms with van der Waals surface area (Å²) >= 11 is 1.56. The first-order valence-corrected chi connectivity index (χ1v) is 11.2. The molecule has 0 aliphatic carbocycles. The third-order valence-electron chi connectivity index (χ3n) is 5.57. The van der Waals surface area contributed by atoms with Crippen LogP contribution < -0.4 is 5.56 Å². The van der Waals surface area contributed by atoms with Crippen molar-refractivity contribution in [3.8, 4) is 28.3 Å². The van der Waals surface area contributed by atoms with E-state index in [4.69, 9.17) is 0 Å². The topological polar surface area (TPSA) is 65.6 Å². The van der Waals surface area contributed by atoms with Crippen LogP contribution in [-0.2, 0) is 6.54 Å². The fourth-order valence-corrected chi connectivity index (χ4v) is 4.52. The van der Waals surface area contributed by atoms with E-state index < -0.39 is 11.4 Å². The number of hydrogen-bond donors (Lipinski definition) is 0. The molecule has 1 aromatic heterocycles. The van der Waals surface area contributed by atoms with E-state index in [2.05, 4.69) is 15.2 Å². The first-order valence-electron chi connectivity index (χ1n) is 10.3. The van der Waals surface area contributed by atoms with Gasteiger partial charge in [-0.15, -0.1) is 11.3 Å². The van der Waals surface area contributed by atoms with E-state index in [0.29, 0.717) is 12.2 Å². The molecule has 0 radical (unpaired) electrons. The number of halogens is 1. The standard InChI is InChI=1S/C25H16FN5OS/c26-19-6-2-4-8-22(19)31-25(32)24-23(29-31)18-5-1-3-7-21(18)30(28-24)13-16-9-11-17(12-10-16)20-14-33-15-27-20/h1-12,14-15H,13H2. The van der Waals surface area contributed by atoms with Gasteiger partial charge in [0.1, 0.15) is 17.2 Å². The third kappa shape index (κ3) is 3.32. The van der Waals surface area contributed by atoms with Gasteiger partial charge in [0.2, 0.25) is 0 Å². The maximum atomic E-state index is 14.4. The summed E-state index contributed by atoms with van der Waals surface area (Å²) in [5, 5.41) is 11.9. The monoisotopic (exact) mass is 453 g/mol. The molecule has 0 spiro atoms. The normalized spacial score (nSPS) is 11.4. The van der Waals surface area contributed by atoms with E-state index in [0.717, 1.165) is 32.4 Å². The Bertz CT molecular complexity index is 1620. The smallest absolute Gasteiger partial charge is 0.265 e. The van der Waals surface area contributed by atoms with Crippen LogP contribution in [0.25, 0.3) is 39.2 Å². The van der Waals surface area contributed by atoms with Crippen LogP contribution in [0.5, 0.6) is 0 Å². The zero-order valence-corrected chi connectivity index (χ0v) is 18.0. The molecule has 6 rings (SSSR count). The Balaban J connectivity index is 1.48. The Morgan fingerprint density at radius 3 is 2.45 bits per heavy atom. The van der Waals surface area contributed by atoms with Crippen molar-refractivity contribution in [3.05, 3.63) is 105 Å². The highest BCUT2D eigenvalue weighted by Gasteiger charge is 2.23. The molecule has 3 heterocycles. The Kier molecular flexibility index (Phi) is 4.58. The lowest BCUT2D eigenvalue weighted by Gasteiger charge is -2.12. The van der Waals surface area contributed by atoms with Gasteiger partial charge in [-0.25, -0.2) is 9.37 Å². The number of hydrogen-bond acceptors (Lipinski definition) is 5. The number of rotatable bonds is 4. The van der Waals surface area contributed by atoms with Gasteiger partial charge >= 0.3 is 5.56 Å². The van der Waals surface area contributed by atoms with Gasteiger partial charge in [0.25, 0.3) is 0 Å². The molecule has 4 aromatic rings. The van der Waals surface area contributed by atoms with Crippen LogP contribution in [0.2, 0.25) is 0 Å². The Morgan fingerprint density at radius 2 is 1.67 bits per heavy atom. The molecule has 160 valence electrons. The van der Waals surface area contributed by atoms with Crippen LogP contribution in [0.15, 0.2) is 88.5 Å². The summed E-state index contributed by atoms with van der Waals surface area (Å²) in [5.41, 5.74) is 5.99. The zero-order valence-electron chi connectivity index (χ0n) is 17.2. The zero-order chi connectivity index (χ0) is 22.4. The summed E-state index contributed by atoms with van der Waals surface area (Å²) in [4.78, 5) is 17.5. The summed E-state index contributed by atoms with van der Waals surface area (Å²) in [6.45, 7) is 0.470. The molecule has 8 heteroatoms. The molecule has 0 atom stereocenters. The van der Waals surface area contributed by atoms with E-state index in [1.54, 1.807) is 28.2 Å². The summed E-state index contributed by atoms with van der Waals surface area (Å²) in [5.74, 6) is -0.514. The summed E-state index contributed by atoms with van der Waals surface area (Å²) in [7, 11) is 0. The molecular weight excluding hydrogens is 437 g/mol. The lowest BCUT2D eigenvalue weighted by molar-refractivity contribution is 0.609. The number of para-hydroxylation sites is 2. The molecule has 2 aliphatic rings. The van der Waals surface area contributed by atoms with Crippen LogP contribution in [0.3, 0.4) is 0 Å². The second-order valence-electron chi connectivity index (χ2n) is 7.61. The minimum absolute atomic E-state index is 0.105. The predicted molar refractivity (Wildman–Crippen MR) is 126 cm³/mol. The van der Waals surface area contributed by atoms with Gasteiger partial charge in [-0.05, 0) is 23.8 Å². The van der Waals surface area contributed by atoms with Crippen molar-refractivity contribution in [2.75, 3.05) is 0 Å². The molecule has 0 amide bonds. The van der Waals surface area contributed by atoms with Gasteiger partial charge in [0.15, 0.2) is 5.69 Å². The van der Waals surface area contributed by atoms with Crippen LogP contribution in [-0.4, -0.2) is 24.5 Å². The van der Waals surface area contributed by atoms with E-state index >= 15 is 0 Å². The van der Waals surface area contributed by atoms with E-state index in [1.807, 2.05) is 59.4 Å². The maximum Gasteiger partial charge on any atom is 0.301 e. The first-order chi connectivity index (χ1) is 16.2. The highest BCUT2D eigenvalue weighted by Crippen LogP contribution is 2.27. The maximum absolute atomic E-state index is 14.4. The predicted octanol–water partition coefficient (Wildman–Crippen LogP) is 5.00. The van der Waals surface area contributed by atoms with Gasteiger partial charge in [-0.2, -0.15) is 14.9 Å². The molecule has 0 fully saturated rings. The molecule has 0 unspecified atom stereocenters. The molecule has 0 N–H and O–H groups in total. The average molecular weight is 454 g/mol. The van der Waals surface area contributed by atoms with Crippen molar-refractivity contribution in [1.82, 2.24) is 24.5 Å². The minimum Gasteiger partial charge on any atom is -0.265 e. The van der Waals surface area contributed by atoms with Crippen LogP contribution in [0.4, 0.5) is 4.39 Å². The first kappa shape index (κ1) is 19.5. The fourth-order valence-electron chi connectivity index (χ4n) is 3.96. The molecule has 6 nitrogen and oxygen atoms in total. The van der Waals surface area contributed by atoms with Crippen molar-refractivity contribution < 1.29 is 4.39 Å². The number of benzene rings is 3. The summed E-state index contributed by atoms with van der Waals surface area (Å²) < 4.78 is 17.3. The number of aromatic nitrogens is 5. The fraction of sp³-hybridized carbons (Fsp3) is 0.0400. The van der Waals surface area contributed by atoms with Gasteiger partial charge < -0.3 is 0 Å². The lowest BCUT2D eigenvalue weighted by atomic mass is 10.1. The van der Waals surface area contributed by atoms with Crippen molar-refractivity contribution in [3.63, 3.8) is 0 Å². The molecule has 0 bridgehead atoms. The molecule has 3 aromatic carbocycles. The second kappa shape index (κ2) is 7.75. The lowest BCUT2D eigenvalue weighted by Crippen LogP contribution is -2.18. The molecule has 0 saturated heterocycles. The van der Waals surface area contributed by atoms with Crippen molar-refractivity contribution in [2.45, 2.75) is 6.54 Å². The Morgan fingerprint density at radius 1 is 0.879 bits per heavy atom. The number of fused-ring (bicyclic) bond motifs is 3. The number of thiazole rings is 1. The van der Waals surface area contributed by atoms with Gasteiger partial charge in [0.05, 0.1) is 23.3 Å². The Hall–Kier alpha value is -4.17. The van der Waals surface area contributed by atoms with Crippen molar-refractivity contribution in [1.29, 1.82) is 0 Å². The third-order valence-corrected chi connectivity index (χ3v) is 6.16. The summed E-state index contributed by atoms with van der Waals surface area (Å²) in [6.07, 6.45) is 0. The minimum atomic E-state index is -0.514. The van der Waals surface area contributed by atoms with Crippen molar-refractivity contribution in [2.24, 2.45) is 0 Å². The van der Waals surface area contributed by atoms with Gasteiger partial charge in [-0.3, -0.25) is 9.48 Å². The van der Waals surface area contributed by atoms with E-state index in [1.165, 1.54) is 12.1 Å². The Labute approximate surface area is 191 Å². The van der Waals surface area contributed by atoms with Crippen LogP contribution in [0.1, 0.15) is 5.56 Å². The van der Waals surface area contributed by atoms with E-state index in [9.17, 15) is 9.18 Å². The summed E-state index contributed by atoms with van der Waals surface area (Å²) in [6, 6.07) is 21.9. The van der Waals surface area contributed by atoms with Crippen LogP contribution in [0, 0.1) is 5.82 Å². The van der Waals surface area contributed by atoms with Crippen molar-refractivity contribution >= 4 is 22.2 Å². The molecular formula is C25H16FN5OS. The SMILES string of the molecule is O=c1c2nn(Cc3ccc(-c4cscn4)cc3)c3ccccc3c-2nn1-c1ccccc1F. The average Bonchev–Trinajstić information content (AvgIpc) is 3.49. The second-order valence-corrected chi connectivity index (χ2v) is 8.33. The number of nitrogens with zero attached hydrogens (tertiary/aromatic N) is 5. The highest BCUT2D eigenvalue weighted by atomic mass is 32.1. The van der Waals surface area contributed by atoms with E-state index in [-0.39, 0.29) is 11.4 Å².